The standard InChI is InChI=1S/C17H19FN2S/c1-19-17-9-5-8-16(18)15(17)11-10-13-12-20(13)21-14-6-3-2-4-7-14/h2-9,13,19H,10-12H2,1H3. The molecule has 0 amide bonds. The van der Waals surface area contributed by atoms with Crippen LogP contribution in [-0.2, 0) is 6.42 Å². The highest BCUT2D eigenvalue weighted by Gasteiger charge is 2.34. The van der Waals surface area contributed by atoms with Gasteiger partial charge in [0.15, 0.2) is 0 Å². The molecule has 1 saturated heterocycles. The Morgan fingerprint density at radius 1 is 1.19 bits per heavy atom. The molecule has 1 aliphatic heterocycles. The number of halogens is 1. The predicted molar refractivity (Wildman–Crippen MR) is 87.1 cm³/mol. The van der Waals surface area contributed by atoms with Gasteiger partial charge in [-0.25, -0.2) is 8.70 Å². The summed E-state index contributed by atoms with van der Waals surface area (Å²) >= 11 is 1.79. The van der Waals surface area contributed by atoms with E-state index in [1.54, 1.807) is 24.1 Å². The van der Waals surface area contributed by atoms with E-state index in [2.05, 4.69) is 33.9 Å². The van der Waals surface area contributed by atoms with Crippen LogP contribution < -0.4 is 5.32 Å². The normalized spacial score (nSPS) is 20.3. The summed E-state index contributed by atoms with van der Waals surface area (Å²) in [5.41, 5.74) is 1.70. The molecule has 1 fully saturated rings. The highest BCUT2D eigenvalue weighted by Crippen LogP contribution is 2.36. The molecular formula is C17H19FN2S. The van der Waals surface area contributed by atoms with Crippen molar-refractivity contribution >= 4 is 17.6 Å². The van der Waals surface area contributed by atoms with Crippen LogP contribution in [0.3, 0.4) is 0 Å². The van der Waals surface area contributed by atoms with Crippen molar-refractivity contribution in [3.05, 3.63) is 59.9 Å². The lowest BCUT2D eigenvalue weighted by molar-refractivity contribution is 0.600. The zero-order valence-electron chi connectivity index (χ0n) is 12.1. The van der Waals surface area contributed by atoms with Crippen LogP contribution in [0.15, 0.2) is 53.4 Å². The molecule has 21 heavy (non-hydrogen) atoms. The van der Waals surface area contributed by atoms with Crippen LogP contribution >= 0.6 is 11.9 Å². The van der Waals surface area contributed by atoms with Crippen molar-refractivity contribution in [1.29, 1.82) is 0 Å². The summed E-state index contributed by atoms with van der Waals surface area (Å²) in [7, 11) is 1.84. The summed E-state index contributed by atoms with van der Waals surface area (Å²) in [4.78, 5) is 1.27. The maximum atomic E-state index is 13.9. The van der Waals surface area contributed by atoms with E-state index in [1.165, 1.54) is 4.90 Å². The van der Waals surface area contributed by atoms with Crippen LogP contribution in [0, 0.1) is 5.82 Å². The second kappa shape index (κ2) is 6.50. The molecular weight excluding hydrogens is 283 g/mol. The molecule has 3 rings (SSSR count). The zero-order valence-corrected chi connectivity index (χ0v) is 12.9. The van der Waals surface area contributed by atoms with E-state index >= 15 is 0 Å². The third-order valence-electron chi connectivity index (χ3n) is 3.75. The lowest BCUT2D eigenvalue weighted by Crippen LogP contribution is -2.02. The van der Waals surface area contributed by atoms with Gasteiger partial charge in [0.2, 0.25) is 0 Å². The van der Waals surface area contributed by atoms with E-state index < -0.39 is 0 Å². The van der Waals surface area contributed by atoms with Crippen LogP contribution in [0.4, 0.5) is 10.1 Å². The monoisotopic (exact) mass is 302 g/mol. The number of hydrogen-bond donors (Lipinski definition) is 1. The van der Waals surface area contributed by atoms with Crippen molar-refractivity contribution < 1.29 is 4.39 Å². The average molecular weight is 302 g/mol. The number of anilines is 1. The van der Waals surface area contributed by atoms with E-state index in [-0.39, 0.29) is 5.82 Å². The van der Waals surface area contributed by atoms with E-state index in [0.717, 1.165) is 30.6 Å². The molecule has 1 aliphatic rings. The fourth-order valence-corrected chi connectivity index (χ4v) is 3.53. The van der Waals surface area contributed by atoms with Crippen LogP contribution in [-0.4, -0.2) is 23.9 Å². The molecule has 1 heterocycles. The van der Waals surface area contributed by atoms with Crippen LogP contribution in [0.1, 0.15) is 12.0 Å². The highest BCUT2D eigenvalue weighted by atomic mass is 32.2. The first kappa shape index (κ1) is 14.4. The van der Waals surface area contributed by atoms with Gasteiger partial charge in [-0.05, 0) is 49.1 Å². The Morgan fingerprint density at radius 3 is 2.76 bits per heavy atom. The molecule has 0 bridgehead atoms. The van der Waals surface area contributed by atoms with Gasteiger partial charge in [0, 0.05) is 35.8 Å². The second-order valence-corrected chi connectivity index (χ2v) is 6.34. The molecule has 0 aliphatic carbocycles. The molecule has 2 aromatic rings. The second-order valence-electron chi connectivity index (χ2n) is 5.21. The minimum atomic E-state index is -0.107. The Hall–Kier alpha value is -1.52. The van der Waals surface area contributed by atoms with Gasteiger partial charge in [-0.1, -0.05) is 24.3 Å². The predicted octanol–water partition coefficient (Wildman–Crippen LogP) is 4.19. The van der Waals surface area contributed by atoms with Gasteiger partial charge in [0.05, 0.1) is 0 Å². The number of hydrogen-bond acceptors (Lipinski definition) is 3. The van der Waals surface area contributed by atoms with Gasteiger partial charge in [0.1, 0.15) is 5.82 Å². The molecule has 0 aromatic heterocycles. The van der Waals surface area contributed by atoms with Crippen molar-refractivity contribution in [2.45, 2.75) is 23.8 Å². The first-order chi connectivity index (χ1) is 10.3. The Balaban J connectivity index is 1.54. The van der Waals surface area contributed by atoms with Crippen LogP contribution in [0.25, 0.3) is 0 Å². The van der Waals surface area contributed by atoms with Crippen molar-refractivity contribution in [2.75, 3.05) is 18.9 Å². The number of nitrogens with zero attached hydrogens (tertiary/aromatic N) is 1. The minimum Gasteiger partial charge on any atom is -0.388 e. The summed E-state index contributed by atoms with van der Waals surface area (Å²) in [5, 5.41) is 3.07. The third kappa shape index (κ3) is 3.57. The Kier molecular flexibility index (Phi) is 4.46. The number of nitrogens with one attached hydrogen (secondary N) is 1. The van der Waals surface area contributed by atoms with E-state index in [1.807, 2.05) is 19.2 Å². The fourth-order valence-electron chi connectivity index (χ4n) is 2.48. The van der Waals surface area contributed by atoms with Gasteiger partial charge >= 0.3 is 0 Å². The van der Waals surface area contributed by atoms with Crippen molar-refractivity contribution in [2.24, 2.45) is 0 Å². The van der Waals surface area contributed by atoms with Crippen molar-refractivity contribution in [3.8, 4) is 0 Å². The molecule has 0 radical (unpaired) electrons. The van der Waals surface area contributed by atoms with Gasteiger partial charge < -0.3 is 5.32 Å². The fraction of sp³-hybridized carbons (Fsp3) is 0.294. The summed E-state index contributed by atoms with van der Waals surface area (Å²) in [5.74, 6) is -0.107. The highest BCUT2D eigenvalue weighted by molar-refractivity contribution is 7.97. The molecule has 0 spiro atoms. The average Bonchev–Trinajstić information content (AvgIpc) is 3.25. The molecule has 1 N–H and O–H groups in total. The quantitative estimate of drug-likeness (QED) is 0.636. The van der Waals surface area contributed by atoms with Gasteiger partial charge in [-0.3, -0.25) is 0 Å². The summed E-state index contributed by atoms with van der Waals surface area (Å²) in [6.07, 6.45) is 1.77. The molecule has 0 saturated carbocycles. The van der Waals surface area contributed by atoms with E-state index in [9.17, 15) is 4.39 Å². The van der Waals surface area contributed by atoms with Gasteiger partial charge in [-0.15, -0.1) is 0 Å². The summed E-state index contributed by atoms with van der Waals surface area (Å²) < 4.78 is 16.2. The number of rotatable bonds is 6. The lowest BCUT2D eigenvalue weighted by atomic mass is 10.1. The number of benzene rings is 2. The SMILES string of the molecule is CNc1cccc(F)c1CCC1CN1Sc1ccccc1. The third-order valence-corrected chi connectivity index (χ3v) is 4.91. The molecule has 2 nitrogen and oxygen atoms in total. The summed E-state index contributed by atoms with van der Waals surface area (Å²) in [6.45, 7) is 1.09. The molecule has 2 aromatic carbocycles. The van der Waals surface area contributed by atoms with Crippen LogP contribution in [0.2, 0.25) is 0 Å². The molecule has 2 atom stereocenters. The molecule has 2 unspecified atom stereocenters. The molecule has 4 heteroatoms. The maximum Gasteiger partial charge on any atom is 0.128 e. The van der Waals surface area contributed by atoms with Gasteiger partial charge in [0.25, 0.3) is 0 Å². The van der Waals surface area contributed by atoms with E-state index in [4.69, 9.17) is 0 Å². The van der Waals surface area contributed by atoms with Crippen LogP contribution in [0.5, 0.6) is 0 Å². The maximum absolute atomic E-state index is 13.9. The Labute approximate surface area is 129 Å². The molecule has 110 valence electrons. The van der Waals surface area contributed by atoms with Crippen molar-refractivity contribution in [3.63, 3.8) is 0 Å². The van der Waals surface area contributed by atoms with Gasteiger partial charge in [-0.2, -0.15) is 0 Å². The van der Waals surface area contributed by atoms with E-state index in [0.29, 0.717) is 6.04 Å². The zero-order chi connectivity index (χ0) is 14.7. The first-order valence-electron chi connectivity index (χ1n) is 7.22. The minimum absolute atomic E-state index is 0.107. The first-order valence-corrected chi connectivity index (χ1v) is 8.00. The van der Waals surface area contributed by atoms with Crippen molar-refractivity contribution in [1.82, 2.24) is 4.31 Å². The lowest BCUT2D eigenvalue weighted by Gasteiger charge is -2.10. The Morgan fingerprint density at radius 2 is 2.00 bits per heavy atom. The Bertz CT molecular complexity index is 603. The topological polar surface area (TPSA) is 15.0 Å². The smallest absolute Gasteiger partial charge is 0.128 e. The summed E-state index contributed by atoms with van der Waals surface area (Å²) in [6, 6.07) is 16.2. The largest absolute Gasteiger partial charge is 0.388 e.